The number of nitrogens with one attached hydrogen (secondary N) is 5. The zero-order chi connectivity index (χ0) is 49.2. The lowest BCUT2D eigenvalue weighted by Crippen LogP contribution is -2.58. The Morgan fingerprint density at radius 2 is 1.54 bits per heavy atom. The molecule has 1 fully saturated rings. The van der Waals surface area contributed by atoms with Crippen molar-refractivity contribution in [3.05, 3.63) is 138 Å². The van der Waals surface area contributed by atoms with E-state index in [0.29, 0.717) is 49.2 Å². The van der Waals surface area contributed by atoms with E-state index in [9.17, 15) is 37.2 Å². The SMILES string of the molecule is N#CCS(=O)(=O)c1ccc(-c2ccc(C[C@@H]3NC(=O)[C@]4(Cc5ccccc5)CCCN(C4)C(=O)/C=C/C(=O)NCC[C@@H](C(=O)NCCOCCN)NC(=O)Cc4ccccc4CNC3=O)cc2)cc1. The minimum Gasteiger partial charge on any atom is -0.378 e. The van der Waals surface area contributed by atoms with Crippen molar-refractivity contribution in [2.45, 2.75) is 62.0 Å². The molecule has 2 aliphatic rings. The number of fused-ring (bicyclic) bond motifs is 3. The van der Waals surface area contributed by atoms with Gasteiger partial charge in [-0.05, 0) is 71.2 Å². The van der Waals surface area contributed by atoms with Crippen LogP contribution in [0.15, 0.2) is 120 Å². The lowest BCUT2D eigenvalue weighted by molar-refractivity contribution is -0.141. The molecule has 17 nitrogen and oxygen atoms in total. The maximum Gasteiger partial charge on any atom is 0.246 e. The van der Waals surface area contributed by atoms with Gasteiger partial charge in [-0.15, -0.1) is 0 Å². The van der Waals surface area contributed by atoms with Crippen LogP contribution in [0, 0.1) is 16.7 Å². The van der Waals surface area contributed by atoms with Gasteiger partial charge in [-0.2, -0.15) is 5.26 Å². The van der Waals surface area contributed by atoms with E-state index in [1.165, 1.54) is 17.0 Å². The summed E-state index contributed by atoms with van der Waals surface area (Å²) in [6.45, 7) is 1.34. The van der Waals surface area contributed by atoms with Crippen molar-refractivity contribution >= 4 is 45.3 Å². The molecule has 0 unspecified atom stereocenters. The molecule has 0 aromatic heterocycles. The maximum absolute atomic E-state index is 14.9. The number of carbonyl (C=O) groups excluding carboxylic acids is 6. The van der Waals surface area contributed by atoms with Crippen LogP contribution in [0.3, 0.4) is 0 Å². The molecule has 1 saturated heterocycles. The Morgan fingerprint density at radius 1 is 0.841 bits per heavy atom. The van der Waals surface area contributed by atoms with Gasteiger partial charge >= 0.3 is 0 Å². The lowest BCUT2D eigenvalue weighted by Gasteiger charge is -2.42. The van der Waals surface area contributed by atoms with Crippen LogP contribution in [0.5, 0.6) is 0 Å². The summed E-state index contributed by atoms with van der Waals surface area (Å²) in [5.41, 5.74) is 8.59. The predicted octanol–water partition coefficient (Wildman–Crippen LogP) is 2.04. The smallest absolute Gasteiger partial charge is 0.246 e. The first kappa shape index (κ1) is 51.2. The van der Waals surface area contributed by atoms with Gasteiger partial charge in [0, 0.05) is 57.8 Å². The van der Waals surface area contributed by atoms with E-state index in [2.05, 4.69) is 26.6 Å². The number of nitriles is 1. The minimum atomic E-state index is -3.74. The summed E-state index contributed by atoms with van der Waals surface area (Å²) >= 11 is 0. The van der Waals surface area contributed by atoms with Crippen molar-refractivity contribution in [2.75, 3.05) is 51.7 Å². The van der Waals surface area contributed by atoms with E-state index < -0.39 is 68.5 Å². The Hall–Kier alpha value is -7.20. The van der Waals surface area contributed by atoms with Crippen molar-refractivity contribution in [3.63, 3.8) is 0 Å². The number of carbonyl (C=O) groups is 6. The molecule has 362 valence electrons. The summed E-state index contributed by atoms with van der Waals surface area (Å²) in [6.07, 6.45) is 3.35. The second-order valence-electron chi connectivity index (χ2n) is 17.1. The molecule has 4 aromatic rings. The van der Waals surface area contributed by atoms with Crippen LogP contribution >= 0.6 is 0 Å². The molecule has 0 spiro atoms. The fraction of sp³-hybridized carbons (Fsp3) is 0.353. The molecule has 2 aliphatic heterocycles. The number of piperidine rings is 1. The molecule has 2 heterocycles. The van der Waals surface area contributed by atoms with Crippen LogP contribution in [-0.2, 0) is 69.1 Å². The van der Waals surface area contributed by atoms with E-state index in [1.54, 1.807) is 42.5 Å². The normalized spacial score (nSPS) is 20.3. The molecular weight excluding hydrogens is 901 g/mol. The van der Waals surface area contributed by atoms with Gasteiger partial charge in [0.25, 0.3) is 0 Å². The van der Waals surface area contributed by atoms with Crippen LogP contribution in [0.2, 0.25) is 0 Å². The molecule has 18 heteroatoms. The van der Waals surface area contributed by atoms with Gasteiger partial charge in [0.05, 0.1) is 36.0 Å². The Balaban J connectivity index is 1.30. The van der Waals surface area contributed by atoms with Gasteiger partial charge in [0.2, 0.25) is 35.4 Å². The van der Waals surface area contributed by atoms with Gasteiger partial charge < -0.3 is 42.0 Å². The highest BCUT2D eigenvalue weighted by molar-refractivity contribution is 7.91. The number of hydrogen-bond donors (Lipinski definition) is 6. The monoisotopic (exact) mass is 958 g/mol. The molecule has 0 radical (unpaired) electrons. The molecule has 6 amide bonds. The van der Waals surface area contributed by atoms with Crippen LogP contribution in [-0.4, -0.2) is 113 Å². The molecule has 3 atom stereocenters. The summed E-state index contributed by atoms with van der Waals surface area (Å²) in [5.74, 6) is -3.59. The quantitative estimate of drug-likeness (QED) is 0.106. The van der Waals surface area contributed by atoms with E-state index in [1.807, 2.05) is 54.6 Å². The fourth-order valence-corrected chi connectivity index (χ4v) is 9.32. The number of sulfone groups is 1. The highest BCUT2D eigenvalue weighted by Crippen LogP contribution is 2.35. The van der Waals surface area contributed by atoms with Crippen molar-refractivity contribution in [1.29, 1.82) is 5.26 Å². The van der Waals surface area contributed by atoms with Gasteiger partial charge in [-0.25, -0.2) is 8.42 Å². The Kier molecular flexibility index (Phi) is 18.3. The predicted molar refractivity (Wildman–Crippen MR) is 257 cm³/mol. The number of amides is 6. The highest BCUT2D eigenvalue weighted by Gasteiger charge is 2.44. The van der Waals surface area contributed by atoms with Crippen molar-refractivity contribution in [1.82, 2.24) is 31.5 Å². The molecule has 0 saturated carbocycles. The third kappa shape index (κ3) is 14.6. The van der Waals surface area contributed by atoms with Gasteiger partial charge in [0.15, 0.2) is 9.84 Å². The standard InChI is InChI=1S/C51H58N8O9S/c52-23-28-68-29-26-55-48(63)43-21-25-54-45(60)19-20-47(62)59-27-6-22-51(35-59,33-37-7-2-1-3-8-37)50(65)58-44(49(64)56-34-41-10-5-4-9-40(41)32-46(61)57-43)31-36-11-13-38(14-12-36)39-15-17-42(18-16-39)69(66,67)30-24-53/h1-5,7-20,43-44H,6,21-23,25-35,52H2,(H,54,60)(H,55,63)(H,56,64)(H,57,61)(H,58,65)/b20-19+/t43-,44-,51-/m0/s1. The average molecular weight is 959 g/mol. The summed E-state index contributed by atoms with van der Waals surface area (Å²) in [4.78, 5) is 84.6. The third-order valence-electron chi connectivity index (χ3n) is 12.1. The second-order valence-corrected chi connectivity index (χ2v) is 19.1. The number of rotatable bonds is 13. The molecule has 4 aromatic carbocycles. The van der Waals surface area contributed by atoms with E-state index >= 15 is 0 Å². The van der Waals surface area contributed by atoms with Crippen LogP contribution < -0.4 is 32.3 Å². The Morgan fingerprint density at radius 3 is 2.25 bits per heavy atom. The second kappa shape index (κ2) is 24.7. The number of hydrogen-bond acceptors (Lipinski definition) is 11. The van der Waals surface area contributed by atoms with Gasteiger partial charge in [-0.3, -0.25) is 28.8 Å². The van der Waals surface area contributed by atoms with Crippen LogP contribution in [0.4, 0.5) is 0 Å². The fourth-order valence-electron chi connectivity index (χ4n) is 8.43. The first-order valence-electron chi connectivity index (χ1n) is 22.9. The first-order valence-corrected chi connectivity index (χ1v) is 24.5. The summed E-state index contributed by atoms with van der Waals surface area (Å²) in [5, 5.41) is 23.2. The first-order chi connectivity index (χ1) is 33.3. The topological polar surface area (TPSA) is 259 Å². The Labute approximate surface area is 402 Å². The third-order valence-corrected chi connectivity index (χ3v) is 13.6. The number of nitrogens with zero attached hydrogens (tertiary/aromatic N) is 2. The maximum atomic E-state index is 14.9. The number of ether oxygens (including phenoxy) is 1. The number of nitrogens with two attached hydrogens (primary N) is 1. The largest absolute Gasteiger partial charge is 0.378 e. The lowest BCUT2D eigenvalue weighted by atomic mass is 9.74. The van der Waals surface area contributed by atoms with Gasteiger partial charge in [-0.1, -0.05) is 91.0 Å². The zero-order valence-corrected chi connectivity index (χ0v) is 39.1. The van der Waals surface area contributed by atoms with Gasteiger partial charge in [0.1, 0.15) is 17.8 Å². The Bertz CT molecular complexity index is 2640. The molecule has 2 bridgehead atoms. The van der Waals surface area contributed by atoms with E-state index in [-0.39, 0.29) is 63.4 Å². The van der Waals surface area contributed by atoms with Crippen molar-refractivity contribution in [3.8, 4) is 17.2 Å². The molecule has 0 aliphatic carbocycles. The van der Waals surface area contributed by atoms with E-state index in [0.717, 1.165) is 28.8 Å². The number of benzene rings is 4. The summed E-state index contributed by atoms with van der Waals surface area (Å²) < 4.78 is 30.2. The molecule has 6 rings (SSSR count). The average Bonchev–Trinajstić information content (AvgIpc) is 3.35. The molecular formula is C51H58N8O9S. The van der Waals surface area contributed by atoms with Crippen LogP contribution in [0.25, 0.3) is 11.1 Å². The van der Waals surface area contributed by atoms with E-state index in [4.69, 9.17) is 15.7 Å². The van der Waals surface area contributed by atoms with Crippen LogP contribution in [0.1, 0.15) is 41.5 Å². The zero-order valence-electron chi connectivity index (χ0n) is 38.3. The van der Waals surface area contributed by atoms with Crippen molar-refractivity contribution in [2.24, 2.45) is 11.1 Å². The summed E-state index contributed by atoms with van der Waals surface area (Å²) in [7, 11) is -3.74. The molecule has 69 heavy (non-hydrogen) atoms. The molecule has 7 N–H and O–H groups in total. The highest BCUT2D eigenvalue weighted by atomic mass is 32.2. The van der Waals surface area contributed by atoms with Crippen molar-refractivity contribution < 1.29 is 41.9 Å². The minimum absolute atomic E-state index is 0.00377. The summed E-state index contributed by atoms with van der Waals surface area (Å²) in [6, 6.07) is 29.5.